The van der Waals surface area contributed by atoms with Gasteiger partial charge >= 0.3 is 0 Å². The second kappa shape index (κ2) is 11.5. The molecule has 3 rings (SSSR count). The molecule has 166 valence electrons. The van der Waals surface area contributed by atoms with Crippen molar-refractivity contribution in [2.45, 2.75) is 16.4 Å². The van der Waals surface area contributed by atoms with Crippen molar-refractivity contribution in [1.82, 2.24) is 10.6 Å². The predicted octanol–water partition coefficient (Wildman–Crippen LogP) is 6.30. The Labute approximate surface area is 221 Å². The monoisotopic (exact) mass is 617 g/mol. The van der Waals surface area contributed by atoms with E-state index in [1.165, 1.54) is 0 Å². The van der Waals surface area contributed by atoms with Crippen molar-refractivity contribution in [3.05, 3.63) is 88.0 Å². The average molecular weight is 619 g/mol. The van der Waals surface area contributed by atoms with Gasteiger partial charge in [-0.3, -0.25) is 4.79 Å². The van der Waals surface area contributed by atoms with E-state index in [0.29, 0.717) is 0 Å². The molecule has 0 aliphatic heterocycles. The van der Waals surface area contributed by atoms with Crippen LogP contribution >= 0.6 is 69.6 Å². The summed E-state index contributed by atoms with van der Waals surface area (Å²) in [6.45, 7) is 0. The van der Waals surface area contributed by atoms with Crippen LogP contribution < -0.4 is 16.0 Å². The lowest BCUT2D eigenvalue weighted by Gasteiger charge is -2.28. The second-order valence-electron chi connectivity index (χ2n) is 6.86. The molecule has 1 atom stereocenters. The average Bonchev–Trinajstić information content (AvgIpc) is 2.75. The van der Waals surface area contributed by atoms with Crippen LogP contribution in [-0.4, -0.2) is 21.0 Å². The normalized spacial score (nSPS) is 12.0. The quantitative estimate of drug-likeness (QED) is 0.131. The summed E-state index contributed by atoms with van der Waals surface area (Å²) < 4.78 is -0.842. The lowest BCUT2D eigenvalue weighted by atomic mass is 10.0. The van der Waals surface area contributed by atoms with Gasteiger partial charge in [0, 0.05) is 3.57 Å². The van der Waals surface area contributed by atoms with E-state index in [0.717, 1.165) is 25.9 Å². The summed E-state index contributed by atoms with van der Waals surface area (Å²) >= 11 is 25.7. The van der Waals surface area contributed by atoms with Gasteiger partial charge in [0.05, 0.1) is 12.1 Å². The number of carbonyl (C=O) groups is 1. The third-order valence-corrected chi connectivity index (χ3v) is 6.27. The molecule has 0 radical (unpaired) electrons. The smallest absolute Gasteiger partial charge is 0.228 e. The molecular weight excluding hydrogens is 600 g/mol. The van der Waals surface area contributed by atoms with Gasteiger partial charge in [0.25, 0.3) is 0 Å². The number of halogens is 4. The van der Waals surface area contributed by atoms with E-state index < -0.39 is 9.96 Å². The summed E-state index contributed by atoms with van der Waals surface area (Å²) in [7, 11) is 0. The Kier molecular flexibility index (Phi) is 9.02. The summed E-state index contributed by atoms with van der Waals surface area (Å²) in [6, 6.07) is 25.4. The zero-order chi connectivity index (χ0) is 23.1. The van der Waals surface area contributed by atoms with Crippen molar-refractivity contribution in [3.8, 4) is 11.1 Å². The number of thiocarbonyl (C=S) groups is 1. The van der Waals surface area contributed by atoms with Crippen LogP contribution in [-0.2, 0) is 11.2 Å². The van der Waals surface area contributed by atoms with Crippen LogP contribution in [0.15, 0.2) is 78.9 Å². The maximum absolute atomic E-state index is 12.6. The number of amides is 1. The topological polar surface area (TPSA) is 53.2 Å². The molecule has 32 heavy (non-hydrogen) atoms. The van der Waals surface area contributed by atoms with Crippen molar-refractivity contribution in [3.63, 3.8) is 0 Å². The van der Waals surface area contributed by atoms with Crippen LogP contribution in [0.3, 0.4) is 0 Å². The molecule has 4 nitrogen and oxygen atoms in total. The van der Waals surface area contributed by atoms with Crippen molar-refractivity contribution < 1.29 is 4.79 Å². The fraction of sp³-hybridized carbons (Fsp3) is 0.130. The molecule has 1 amide bonds. The molecule has 0 bridgehead atoms. The van der Waals surface area contributed by atoms with Gasteiger partial charge in [-0.15, -0.1) is 0 Å². The second-order valence-corrected chi connectivity index (χ2v) is 10.8. The Hall–Kier alpha value is -1.58. The number of hydrogen-bond acceptors (Lipinski definition) is 2. The molecule has 3 aromatic rings. The first-order chi connectivity index (χ1) is 15.2. The number of rotatable bonds is 6. The standard InChI is InChI=1S/C23H19Cl3IN3OS/c24-23(25,26)21(30-22(32)28-19-9-5-4-8-18(19)27)29-20(31)14-15-10-12-17(13-11-15)16-6-2-1-3-7-16/h1-13,21H,14H2,(H,29,31)(H2,28,30,32). The minimum Gasteiger partial charge on any atom is -0.339 e. The van der Waals surface area contributed by atoms with Gasteiger partial charge in [0.2, 0.25) is 9.70 Å². The molecule has 0 aliphatic carbocycles. The Bertz CT molecular complexity index is 1080. The number of alkyl halides is 3. The van der Waals surface area contributed by atoms with E-state index in [1.54, 1.807) is 0 Å². The van der Waals surface area contributed by atoms with Gasteiger partial charge in [-0.25, -0.2) is 0 Å². The van der Waals surface area contributed by atoms with Gasteiger partial charge in [0.1, 0.15) is 6.17 Å². The number of anilines is 1. The van der Waals surface area contributed by atoms with E-state index in [-0.39, 0.29) is 17.4 Å². The Morgan fingerprint density at radius 1 is 0.875 bits per heavy atom. The molecular formula is C23H19Cl3IN3OS. The highest BCUT2D eigenvalue weighted by molar-refractivity contribution is 14.1. The van der Waals surface area contributed by atoms with E-state index in [4.69, 9.17) is 47.0 Å². The molecule has 3 N–H and O–H groups in total. The molecule has 0 aromatic heterocycles. The molecule has 0 saturated heterocycles. The lowest BCUT2D eigenvalue weighted by molar-refractivity contribution is -0.121. The highest BCUT2D eigenvalue weighted by Crippen LogP contribution is 2.29. The van der Waals surface area contributed by atoms with Gasteiger partial charge in [-0.05, 0) is 63.6 Å². The summed E-state index contributed by atoms with van der Waals surface area (Å²) in [5.41, 5.74) is 3.82. The summed E-state index contributed by atoms with van der Waals surface area (Å²) in [4.78, 5) is 12.6. The first kappa shape index (κ1) is 25.1. The van der Waals surface area contributed by atoms with E-state index >= 15 is 0 Å². The van der Waals surface area contributed by atoms with Crippen LogP contribution in [0.2, 0.25) is 0 Å². The molecule has 0 saturated carbocycles. The Balaban J connectivity index is 1.61. The summed E-state index contributed by atoms with van der Waals surface area (Å²) in [5, 5.41) is 8.84. The number of hydrogen-bond donors (Lipinski definition) is 3. The van der Waals surface area contributed by atoms with Crippen molar-refractivity contribution in [1.29, 1.82) is 0 Å². The van der Waals surface area contributed by atoms with Gasteiger partial charge in [-0.2, -0.15) is 0 Å². The SMILES string of the molecule is O=C(Cc1ccc(-c2ccccc2)cc1)NC(NC(=S)Nc1ccccc1I)C(Cl)(Cl)Cl. The van der Waals surface area contributed by atoms with Crippen molar-refractivity contribution >= 4 is 86.3 Å². The third-order valence-electron chi connectivity index (χ3n) is 4.46. The van der Waals surface area contributed by atoms with Crippen LogP contribution in [0.25, 0.3) is 11.1 Å². The molecule has 0 heterocycles. The van der Waals surface area contributed by atoms with Gasteiger partial charge in [0.15, 0.2) is 5.11 Å². The molecule has 0 spiro atoms. The Morgan fingerprint density at radius 3 is 2.09 bits per heavy atom. The Morgan fingerprint density at radius 2 is 1.47 bits per heavy atom. The number of carbonyl (C=O) groups excluding carboxylic acids is 1. The minimum absolute atomic E-state index is 0.130. The van der Waals surface area contributed by atoms with Crippen LogP contribution in [0.5, 0.6) is 0 Å². The minimum atomic E-state index is -1.82. The number of benzene rings is 3. The molecule has 1 unspecified atom stereocenters. The maximum atomic E-state index is 12.6. The first-order valence-corrected chi connectivity index (χ1v) is 12.2. The highest BCUT2D eigenvalue weighted by atomic mass is 127. The van der Waals surface area contributed by atoms with E-state index in [2.05, 4.69) is 38.5 Å². The highest BCUT2D eigenvalue weighted by Gasteiger charge is 2.34. The van der Waals surface area contributed by atoms with E-state index in [1.807, 2.05) is 78.9 Å². The molecule has 3 aromatic carbocycles. The zero-order valence-electron chi connectivity index (χ0n) is 16.6. The van der Waals surface area contributed by atoms with Crippen LogP contribution in [0.4, 0.5) is 5.69 Å². The van der Waals surface area contributed by atoms with E-state index in [9.17, 15) is 4.79 Å². The molecule has 9 heteroatoms. The number of para-hydroxylation sites is 1. The lowest BCUT2D eigenvalue weighted by Crippen LogP contribution is -2.56. The van der Waals surface area contributed by atoms with Gasteiger partial charge < -0.3 is 16.0 Å². The fourth-order valence-electron chi connectivity index (χ4n) is 2.89. The van der Waals surface area contributed by atoms with Crippen molar-refractivity contribution in [2.75, 3.05) is 5.32 Å². The van der Waals surface area contributed by atoms with Crippen LogP contribution in [0, 0.1) is 3.57 Å². The van der Waals surface area contributed by atoms with Gasteiger partial charge in [-0.1, -0.05) is 102 Å². The third kappa shape index (κ3) is 7.49. The fourth-order valence-corrected chi connectivity index (χ4v) is 3.97. The van der Waals surface area contributed by atoms with Crippen molar-refractivity contribution in [2.24, 2.45) is 0 Å². The zero-order valence-corrected chi connectivity index (χ0v) is 21.9. The number of nitrogens with one attached hydrogen (secondary N) is 3. The first-order valence-electron chi connectivity index (χ1n) is 9.55. The molecule has 0 aliphatic rings. The maximum Gasteiger partial charge on any atom is 0.228 e. The molecule has 0 fully saturated rings. The summed E-state index contributed by atoms with van der Waals surface area (Å²) in [6.07, 6.45) is -0.893. The predicted molar refractivity (Wildman–Crippen MR) is 146 cm³/mol. The van der Waals surface area contributed by atoms with Crippen LogP contribution in [0.1, 0.15) is 5.56 Å². The summed E-state index contributed by atoms with van der Waals surface area (Å²) in [5.74, 6) is -0.307. The largest absolute Gasteiger partial charge is 0.339 e.